The zero-order valence-electron chi connectivity index (χ0n) is 18.8. The Labute approximate surface area is 196 Å². The van der Waals surface area contributed by atoms with Gasteiger partial charge in [-0.3, -0.25) is 4.79 Å². The quantitative estimate of drug-likeness (QED) is 0.566. The van der Waals surface area contributed by atoms with Gasteiger partial charge in [-0.1, -0.05) is 29.3 Å². The molecular weight excluding hydrogens is 437 g/mol. The summed E-state index contributed by atoms with van der Waals surface area (Å²) >= 11 is 12.2. The van der Waals surface area contributed by atoms with Crippen molar-refractivity contribution in [2.45, 2.75) is 76.2 Å². The van der Waals surface area contributed by atoms with Crippen molar-refractivity contribution in [2.24, 2.45) is 5.73 Å². The fourth-order valence-corrected chi connectivity index (χ4v) is 4.29. The molecule has 2 heterocycles. The first-order valence-electron chi connectivity index (χ1n) is 11.0. The maximum atomic E-state index is 9.60. The number of carbonyl (C=O) groups excluding carboxylic acids is 1. The van der Waals surface area contributed by atoms with Crippen LogP contribution in [0.5, 0.6) is 0 Å². The topological polar surface area (TPSA) is 87.8 Å². The summed E-state index contributed by atoms with van der Waals surface area (Å²) in [4.78, 5) is 12.1. The summed E-state index contributed by atoms with van der Waals surface area (Å²) in [5.74, 6) is 0.314. The zero-order valence-corrected chi connectivity index (χ0v) is 20.3. The highest BCUT2D eigenvalue weighted by Crippen LogP contribution is 2.32. The van der Waals surface area contributed by atoms with E-state index in [1.165, 1.54) is 5.56 Å². The molecule has 8 heteroatoms. The Bertz CT molecular complexity index is 691. The van der Waals surface area contributed by atoms with E-state index in [4.69, 9.17) is 28.9 Å². The first-order chi connectivity index (χ1) is 14.6. The normalized spacial score (nSPS) is 25.5. The second-order valence-electron chi connectivity index (χ2n) is 9.47. The lowest BCUT2D eigenvalue weighted by Crippen LogP contribution is -2.51. The number of nitrogens with zero attached hydrogens (tertiary/aromatic N) is 1. The van der Waals surface area contributed by atoms with E-state index in [-0.39, 0.29) is 17.7 Å². The van der Waals surface area contributed by atoms with E-state index in [0.717, 1.165) is 51.9 Å². The van der Waals surface area contributed by atoms with Crippen LogP contribution < -0.4 is 11.1 Å². The number of piperidine rings is 2. The van der Waals surface area contributed by atoms with E-state index < -0.39 is 0 Å². The second kappa shape index (κ2) is 12.4. The Morgan fingerprint density at radius 1 is 1.26 bits per heavy atom. The number of hydrogen-bond acceptors (Lipinski definition) is 6. The number of rotatable bonds is 5. The molecule has 31 heavy (non-hydrogen) atoms. The van der Waals surface area contributed by atoms with Crippen LogP contribution >= 0.6 is 23.2 Å². The predicted molar refractivity (Wildman–Crippen MR) is 127 cm³/mol. The van der Waals surface area contributed by atoms with Gasteiger partial charge in [-0.15, -0.1) is 0 Å². The van der Waals surface area contributed by atoms with Gasteiger partial charge in [-0.2, -0.15) is 0 Å². The summed E-state index contributed by atoms with van der Waals surface area (Å²) in [6.07, 6.45) is 3.83. The van der Waals surface area contributed by atoms with Crippen LogP contribution in [-0.4, -0.2) is 66.4 Å². The smallest absolute Gasteiger partial charge is 0.293 e. The number of carbonyl (C=O) groups is 1. The zero-order chi connectivity index (χ0) is 23.0. The molecular formula is C23H37Cl2N3O3. The summed E-state index contributed by atoms with van der Waals surface area (Å²) in [6.45, 7) is 9.83. The second-order valence-corrected chi connectivity index (χ2v) is 10.3. The monoisotopic (exact) mass is 473 g/mol. The lowest BCUT2D eigenvalue weighted by atomic mass is 9.82. The summed E-state index contributed by atoms with van der Waals surface area (Å²) in [5.41, 5.74) is 7.21. The van der Waals surface area contributed by atoms with Crippen LogP contribution in [-0.2, 0) is 9.53 Å². The first kappa shape index (κ1) is 26.4. The minimum Gasteiger partial charge on any atom is -0.462 e. The van der Waals surface area contributed by atoms with Crippen molar-refractivity contribution >= 4 is 29.7 Å². The van der Waals surface area contributed by atoms with Gasteiger partial charge < -0.3 is 25.8 Å². The van der Waals surface area contributed by atoms with E-state index in [1.807, 2.05) is 39.0 Å². The van der Waals surface area contributed by atoms with E-state index in [0.29, 0.717) is 28.5 Å². The maximum Gasteiger partial charge on any atom is 0.293 e. The molecule has 2 aliphatic rings. The molecule has 176 valence electrons. The Balaban J connectivity index is 0.000000423. The molecule has 1 aromatic rings. The van der Waals surface area contributed by atoms with Crippen LogP contribution in [0, 0.1) is 0 Å². The summed E-state index contributed by atoms with van der Waals surface area (Å²) in [7, 11) is 0. The van der Waals surface area contributed by atoms with Crippen molar-refractivity contribution in [3.63, 3.8) is 0 Å². The molecule has 3 atom stereocenters. The van der Waals surface area contributed by atoms with Gasteiger partial charge in [-0.25, -0.2) is 0 Å². The van der Waals surface area contributed by atoms with Gasteiger partial charge in [0.15, 0.2) is 0 Å². The lowest BCUT2D eigenvalue weighted by molar-refractivity contribution is -0.138. The van der Waals surface area contributed by atoms with Gasteiger partial charge in [0.2, 0.25) is 0 Å². The molecule has 2 fully saturated rings. The van der Waals surface area contributed by atoms with Crippen molar-refractivity contribution in [3.8, 4) is 0 Å². The molecule has 0 spiro atoms. The first-order valence-corrected chi connectivity index (χ1v) is 11.8. The van der Waals surface area contributed by atoms with Crippen molar-refractivity contribution < 1.29 is 14.6 Å². The predicted octanol–water partition coefficient (Wildman–Crippen LogP) is 3.57. The van der Waals surface area contributed by atoms with Crippen LogP contribution in [0.4, 0.5) is 0 Å². The number of halogens is 2. The lowest BCUT2D eigenvalue weighted by Gasteiger charge is -2.37. The van der Waals surface area contributed by atoms with E-state index in [1.54, 1.807) is 0 Å². The minimum atomic E-state index is -0.318. The number of hydrogen-bond donors (Lipinski definition) is 3. The Morgan fingerprint density at radius 2 is 1.94 bits per heavy atom. The summed E-state index contributed by atoms with van der Waals surface area (Å²) in [5, 5.41) is 14.4. The van der Waals surface area contributed by atoms with E-state index in [9.17, 15) is 9.90 Å². The molecule has 0 saturated carbocycles. The molecule has 6 nitrogen and oxygen atoms in total. The molecule has 4 N–H and O–H groups in total. The fraction of sp³-hybridized carbons (Fsp3) is 0.696. The van der Waals surface area contributed by atoms with Crippen molar-refractivity contribution in [1.29, 1.82) is 0 Å². The van der Waals surface area contributed by atoms with Gasteiger partial charge in [0.25, 0.3) is 6.47 Å². The largest absolute Gasteiger partial charge is 0.462 e. The molecule has 0 aromatic heterocycles. The SMILES string of the molecule is CC(C)(C)OC=O.N[C@@H]1CNC(CCN2CCC(O)CC2)C[C@H]1c1ccc(Cl)c(Cl)c1. The van der Waals surface area contributed by atoms with Crippen molar-refractivity contribution in [1.82, 2.24) is 10.2 Å². The molecule has 2 saturated heterocycles. The number of benzene rings is 1. The number of nitrogens with one attached hydrogen (secondary N) is 1. The average molecular weight is 474 g/mol. The average Bonchev–Trinajstić information content (AvgIpc) is 2.70. The number of aliphatic hydroxyl groups excluding tert-OH is 1. The third-order valence-corrected chi connectivity index (χ3v) is 6.56. The van der Waals surface area contributed by atoms with Crippen molar-refractivity contribution in [2.75, 3.05) is 26.2 Å². The molecule has 1 unspecified atom stereocenters. The number of ether oxygens (including phenoxy) is 1. The van der Waals surface area contributed by atoms with Crippen LogP contribution in [0.25, 0.3) is 0 Å². The highest BCUT2D eigenvalue weighted by atomic mass is 35.5. The van der Waals surface area contributed by atoms with Crippen LogP contribution in [0.1, 0.15) is 57.9 Å². The van der Waals surface area contributed by atoms with Gasteiger partial charge in [-0.05, 0) is 70.7 Å². The van der Waals surface area contributed by atoms with E-state index >= 15 is 0 Å². The standard InChI is InChI=1S/C18H27Cl2N3O.C5H10O2/c19-16-2-1-12(9-17(16)20)15-10-13(22-11-18(15)21)3-6-23-7-4-14(24)5-8-23;1-5(2,3)7-4-6/h1-2,9,13-15,18,22,24H,3-8,10-11,21H2;4H,1-3H3/t13?,15-,18+;/m0./s1. The van der Waals surface area contributed by atoms with Gasteiger partial charge in [0, 0.05) is 37.6 Å². The molecule has 0 bridgehead atoms. The number of nitrogens with two attached hydrogens (primary N) is 1. The Kier molecular flexibility index (Phi) is 10.5. The van der Waals surface area contributed by atoms with Gasteiger partial charge >= 0.3 is 0 Å². The third kappa shape index (κ3) is 9.24. The van der Waals surface area contributed by atoms with Gasteiger partial charge in [0.1, 0.15) is 5.60 Å². The summed E-state index contributed by atoms with van der Waals surface area (Å²) < 4.78 is 4.55. The van der Waals surface area contributed by atoms with E-state index in [2.05, 4.69) is 15.0 Å². The molecule has 2 aliphatic heterocycles. The summed E-state index contributed by atoms with van der Waals surface area (Å²) in [6, 6.07) is 6.44. The highest BCUT2D eigenvalue weighted by molar-refractivity contribution is 6.42. The van der Waals surface area contributed by atoms with Crippen molar-refractivity contribution in [3.05, 3.63) is 33.8 Å². The molecule has 1 aromatic carbocycles. The Hall–Kier alpha value is -0.890. The molecule has 0 radical (unpaired) electrons. The molecule has 3 rings (SSSR count). The minimum absolute atomic E-state index is 0.101. The third-order valence-electron chi connectivity index (χ3n) is 5.82. The maximum absolute atomic E-state index is 9.60. The van der Waals surface area contributed by atoms with Crippen LogP contribution in [0.2, 0.25) is 10.0 Å². The van der Waals surface area contributed by atoms with Crippen LogP contribution in [0.3, 0.4) is 0 Å². The highest BCUT2D eigenvalue weighted by Gasteiger charge is 2.29. The molecule has 0 amide bonds. The number of likely N-dealkylation sites (tertiary alicyclic amines) is 1. The number of aliphatic hydroxyl groups is 1. The fourth-order valence-electron chi connectivity index (χ4n) is 3.98. The Morgan fingerprint density at radius 3 is 2.48 bits per heavy atom. The van der Waals surface area contributed by atoms with Gasteiger partial charge in [0.05, 0.1) is 16.1 Å². The van der Waals surface area contributed by atoms with Crippen LogP contribution in [0.15, 0.2) is 18.2 Å². The molecule has 0 aliphatic carbocycles.